The summed E-state index contributed by atoms with van der Waals surface area (Å²) in [6.45, 7) is -0.208. The van der Waals surface area contributed by atoms with Crippen molar-refractivity contribution in [1.29, 1.82) is 0 Å². The molecule has 30 heavy (non-hydrogen) atoms. The summed E-state index contributed by atoms with van der Waals surface area (Å²) in [5.41, 5.74) is -0.394. The topological polar surface area (TPSA) is 108 Å². The predicted octanol–water partition coefficient (Wildman–Crippen LogP) is 2.09. The Hall–Kier alpha value is -3.68. The highest BCUT2D eigenvalue weighted by Crippen LogP contribution is 2.46. The number of anilines is 1. The number of rotatable bonds is 7. The highest BCUT2D eigenvalue weighted by atomic mass is 16.5. The van der Waals surface area contributed by atoms with Gasteiger partial charge in [-0.3, -0.25) is 14.4 Å². The number of nitrogens with one attached hydrogen (secondary N) is 1. The predicted molar refractivity (Wildman–Crippen MR) is 106 cm³/mol. The van der Waals surface area contributed by atoms with Gasteiger partial charge in [-0.1, -0.05) is 36.4 Å². The maximum atomic E-state index is 13.1. The van der Waals surface area contributed by atoms with Gasteiger partial charge < -0.3 is 19.5 Å². The van der Waals surface area contributed by atoms with Gasteiger partial charge in [0.25, 0.3) is 0 Å². The number of esters is 3. The molecule has 1 aliphatic rings. The molecule has 3 rings (SSSR count). The summed E-state index contributed by atoms with van der Waals surface area (Å²) in [6, 6.07) is 15.1. The number of benzene rings is 2. The molecule has 1 N–H and O–H groups in total. The molecule has 0 radical (unpaired) electrons. The van der Waals surface area contributed by atoms with Crippen LogP contribution in [0.3, 0.4) is 0 Å². The van der Waals surface area contributed by atoms with E-state index in [1.807, 2.05) is 0 Å². The molecule has 1 atom stereocenters. The molecule has 0 saturated carbocycles. The van der Waals surface area contributed by atoms with E-state index in [-0.39, 0.29) is 13.0 Å². The maximum Gasteiger partial charge on any atom is 0.338 e. The standard InChI is InChI=1S/C22H21NO7/c1-28-19(25)17(20(26)29-2)22(15-10-6-7-11-16(15)23-21(22)27)12-13-30-18(24)14-8-4-3-5-9-14/h3-11,17H,12-13H2,1-2H3,(H,23,27)/t22-/m0/s1. The van der Waals surface area contributed by atoms with E-state index in [9.17, 15) is 19.2 Å². The minimum atomic E-state index is -1.65. The van der Waals surface area contributed by atoms with Gasteiger partial charge in [-0.2, -0.15) is 0 Å². The van der Waals surface area contributed by atoms with E-state index in [2.05, 4.69) is 5.32 Å². The normalized spacial score (nSPS) is 17.1. The number of hydrogen-bond acceptors (Lipinski definition) is 7. The Morgan fingerprint density at radius 2 is 1.53 bits per heavy atom. The summed E-state index contributed by atoms with van der Waals surface area (Å²) in [6.07, 6.45) is -0.122. The molecule has 0 unspecified atom stereocenters. The molecule has 1 aliphatic heterocycles. The zero-order valence-corrected chi connectivity index (χ0v) is 16.5. The second-order valence-corrected chi connectivity index (χ2v) is 6.70. The summed E-state index contributed by atoms with van der Waals surface area (Å²) in [4.78, 5) is 50.5. The molecule has 0 bridgehead atoms. The Bertz CT molecular complexity index is 956. The lowest BCUT2D eigenvalue weighted by molar-refractivity contribution is -0.165. The smallest absolute Gasteiger partial charge is 0.338 e. The molecule has 8 heteroatoms. The van der Waals surface area contributed by atoms with Gasteiger partial charge in [0.2, 0.25) is 5.91 Å². The average Bonchev–Trinajstić information content (AvgIpc) is 3.06. The highest BCUT2D eigenvalue weighted by Gasteiger charge is 2.59. The zero-order valence-electron chi connectivity index (χ0n) is 16.5. The van der Waals surface area contributed by atoms with Crippen LogP contribution in [0.4, 0.5) is 5.69 Å². The van der Waals surface area contributed by atoms with Gasteiger partial charge in [-0.15, -0.1) is 0 Å². The van der Waals surface area contributed by atoms with Gasteiger partial charge in [0, 0.05) is 12.1 Å². The number of hydrogen-bond donors (Lipinski definition) is 1. The van der Waals surface area contributed by atoms with Gasteiger partial charge in [0.1, 0.15) is 5.41 Å². The van der Waals surface area contributed by atoms with E-state index < -0.39 is 35.1 Å². The first kappa shape index (κ1) is 21.0. The molecule has 156 valence electrons. The van der Waals surface area contributed by atoms with Crippen molar-refractivity contribution >= 4 is 29.5 Å². The lowest BCUT2D eigenvalue weighted by Crippen LogP contribution is -2.50. The minimum absolute atomic E-state index is 0.122. The Morgan fingerprint density at radius 1 is 0.933 bits per heavy atom. The van der Waals surface area contributed by atoms with E-state index >= 15 is 0 Å². The van der Waals surface area contributed by atoms with Crippen LogP contribution in [-0.2, 0) is 34.0 Å². The van der Waals surface area contributed by atoms with Crippen molar-refractivity contribution in [3.8, 4) is 0 Å². The van der Waals surface area contributed by atoms with Crippen LogP contribution < -0.4 is 5.32 Å². The van der Waals surface area contributed by atoms with Crippen molar-refractivity contribution in [1.82, 2.24) is 0 Å². The minimum Gasteiger partial charge on any atom is -0.468 e. The molecule has 0 saturated heterocycles. The van der Waals surface area contributed by atoms with Crippen LogP contribution in [0.1, 0.15) is 22.3 Å². The van der Waals surface area contributed by atoms with Crippen molar-refractivity contribution in [2.24, 2.45) is 5.92 Å². The number of amides is 1. The SMILES string of the molecule is COC(=O)C(C(=O)OC)[C@@]1(CCOC(=O)c2ccccc2)C(=O)Nc2ccccc21. The molecule has 0 aromatic heterocycles. The highest BCUT2D eigenvalue weighted by molar-refractivity contribution is 6.13. The monoisotopic (exact) mass is 411 g/mol. The molecule has 2 aromatic carbocycles. The fourth-order valence-electron chi connectivity index (χ4n) is 3.71. The number of carbonyl (C=O) groups is 4. The lowest BCUT2D eigenvalue weighted by atomic mass is 9.68. The fraction of sp³-hybridized carbons (Fsp3) is 0.273. The second kappa shape index (κ2) is 8.77. The third-order valence-corrected chi connectivity index (χ3v) is 5.17. The molecular formula is C22H21NO7. The third kappa shape index (κ3) is 3.63. The van der Waals surface area contributed by atoms with Gasteiger partial charge in [-0.05, 0) is 23.8 Å². The van der Waals surface area contributed by atoms with Crippen molar-refractivity contribution in [2.75, 3.05) is 26.1 Å². The number of para-hydroxylation sites is 1. The molecule has 0 spiro atoms. The van der Waals surface area contributed by atoms with Crippen molar-refractivity contribution < 1.29 is 33.4 Å². The van der Waals surface area contributed by atoms with Crippen LogP contribution in [0.2, 0.25) is 0 Å². The first-order chi connectivity index (χ1) is 14.5. The quantitative estimate of drug-likeness (QED) is 0.422. The molecule has 1 heterocycles. The largest absolute Gasteiger partial charge is 0.468 e. The van der Waals surface area contributed by atoms with E-state index in [4.69, 9.17) is 14.2 Å². The van der Waals surface area contributed by atoms with Crippen LogP contribution in [0.15, 0.2) is 54.6 Å². The van der Waals surface area contributed by atoms with Crippen molar-refractivity contribution in [3.05, 3.63) is 65.7 Å². The van der Waals surface area contributed by atoms with Crippen LogP contribution in [0.25, 0.3) is 0 Å². The van der Waals surface area contributed by atoms with E-state index in [1.54, 1.807) is 54.6 Å². The number of fused-ring (bicyclic) bond motifs is 1. The summed E-state index contributed by atoms with van der Waals surface area (Å²) in [7, 11) is 2.25. The van der Waals surface area contributed by atoms with Crippen molar-refractivity contribution in [2.45, 2.75) is 11.8 Å². The van der Waals surface area contributed by atoms with Crippen LogP contribution >= 0.6 is 0 Å². The average molecular weight is 411 g/mol. The fourth-order valence-corrected chi connectivity index (χ4v) is 3.71. The maximum absolute atomic E-state index is 13.1. The van der Waals surface area contributed by atoms with E-state index in [0.717, 1.165) is 14.2 Å². The second-order valence-electron chi connectivity index (χ2n) is 6.70. The molecule has 8 nitrogen and oxygen atoms in total. The Balaban J connectivity index is 1.97. The molecular weight excluding hydrogens is 390 g/mol. The number of carbonyl (C=O) groups excluding carboxylic acids is 4. The number of methoxy groups -OCH3 is 2. The number of ether oxygens (including phenoxy) is 3. The summed E-state index contributed by atoms with van der Waals surface area (Å²) >= 11 is 0. The first-order valence-electron chi connectivity index (χ1n) is 9.24. The van der Waals surface area contributed by atoms with Gasteiger partial charge >= 0.3 is 17.9 Å². The lowest BCUT2D eigenvalue weighted by Gasteiger charge is -2.32. The van der Waals surface area contributed by atoms with Crippen LogP contribution in [0.5, 0.6) is 0 Å². The molecule has 0 fully saturated rings. The van der Waals surface area contributed by atoms with Crippen molar-refractivity contribution in [3.63, 3.8) is 0 Å². The molecule has 2 aromatic rings. The summed E-state index contributed by atoms with van der Waals surface area (Å²) < 4.78 is 14.9. The Morgan fingerprint density at radius 3 is 2.17 bits per heavy atom. The van der Waals surface area contributed by atoms with E-state index in [1.165, 1.54) is 0 Å². The Labute approximate surface area is 173 Å². The zero-order chi connectivity index (χ0) is 21.7. The third-order valence-electron chi connectivity index (χ3n) is 5.17. The molecule has 1 amide bonds. The van der Waals surface area contributed by atoms with E-state index in [0.29, 0.717) is 16.8 Å². The summed E-state index contributed by atoms with van der Waals surface area (Å²) in [5, 5.41) is 2.70. The van der Waals surface area contributed by atoms with Gasteiger partial charge in [-0.25, -0.2) is 4.79 Å². The summed E-state index contributed by atoms with van der Waals surface area (Å²) in [5.74, 6) is -4.54. The van der Waals surface area contributed by atoms with Gasteiger partial charge in [0.05, 0.1) is 26.4 Å². The molecule has 0 aliphatic carbocycles. The van der Waals surface area contributed by atoms with Crippen LogP contribution in [0, 0.1) is 5.92 Å². The first-order valence-corrected chi connectivity index (χ1v) is 9.24. The Kier molecular flexibility index (Phi) is 6.15. The van der Waals surface area contributed by atoms with Crippen LogP contribution in [-0.4, -0.2) is 44.6 Å². The van der Waals surface area contributed by atoms with Gasteiger partial charge in [0.15, 0.2) is 5.92 Å².